The Morgan fingerprint density at radius 3 is 2.34 bits per heavy atom. The molecule has 0 radical (unpaired) electrons. The summed E-state index contributed by atoms with van der Waals surface area (Å²) in [5, 5.41) is 0. The summed E-state index contributed by atoms with van der Waals surface area (Å²) in [6.07, 6.45) is 2.27. The van der Waals surface area contributed by atoms with Crippen LogP contribution in [0.1, 0.15) is 41.0 Å². The summed E-state index contributed by atoms with van der Waals surface area (Å²) in [6, 6.07) is 9.47. The number of benzene rings is 1. The van der Waals surface area contributed by atoms with Crippen LogP contribution in [0.4, 0.5) is 5.82 Å². The van der Waals surface area contributed by atoms with Gasteiger partial charge in [0.05, 0.1) is 17.1 Å². The number of pyridine rings is 1. The Bertz CT molecular complexity index is 1040. The van der Waals surface area contributed by atoms with Gasteiger partial charge in [-0.2, -0.15) is 0 Å². The zero-order valence-corrected chi connectivity index (χ0v) is 19.1. The average molecular weight is 461 g/mol. The van der Waals surface area contributed by atoms with Crippen LogP contribution in [0.5, 0.6) is 0 Å². The van der Waals surface area contributed by atoms with Gasteiger partial charge in [0, 0.05) is 44.5 Å². The van der Waals surface area contributed by atoms with Gasteiger partial charge in [-0.25, -0.2) is 22.9 Å². The Morgan fingerprint density at radius 2 is 1.72 bits per heavy atom. The fourth-order valence-electron chi connectivity index (χ4n) is 3.49. The molecular weight excluding hydrogens is 432 g/mol. The highest BCUT2D eigenvalue weighted by Gasteiger charge is 2.22. The van der Waals surface area contributed by atoms with Crippen molar-refractivity contribution in [3.05, 3.63) is 53.7 Å². The van der Waals surface area contributed by atoms with Gasteiger partial charge in [0.25, 0.3) is 5.91 Å². The highest BCUT2D eigenvalue weighted by atomic mass is 32.2. The standard InChI is InChI=1S/C22H28N4O5S/c1-3-24-32(29,30)19-9-6-17(7-10-19)21(27)26-13-5-12-25(14-15-26)20-11-8-18(16-23-20)22(28)31-4-2/h6-11,16,24H,3-5,12-15H2,1-2H3. The Morgan fingerprint density at radius 1 is 1.00 bits per heavy atom. The lowest BCUT2D eigenvalue weighted by molar-refractivity contribution is 0.0525. The second-order valence-corrected chi connectivity index (χ2v) is 9.05. The number of rotatable bonds is 7. The van der Waals surface area contributed by atoms with E-state index in [4.69, 9.17) is 4.74 Å². The number of carbonyl (C=O) groups excluding carboxylic acids is 2. The number of sulfonamides is 1. The van der Waals surface area contributed by atoms with Crippen LogP contribution in [0.25, 0.3) is 0 Å². The van der Waals surface area contributed by atoms with Gasteiger partial charge < -0.3 is 14.5 Å². The summed E-state index contributed by atoms with van der Waals surface area (Å²) < 4.78 is 31.6. The first kappa shape index (κ1) is 23.7. The van der Waals surface area contributed by atoms with E-state index in [1.807, 2.05) is 0 Å². The largest absolute Gasteiger partial charge is 0.462 e. The van der Waals surface area contributed by atoms with Gasteiger partial charge in [0.2, 0.25) is 10.0 Å². The first-order valence-electron chi connectivity index (χ1n) is 10.6. The van der Waals surface area contributed by atoms with Gasteiger partial charge in [-0.3, -0.25) is 4.79 Å². The molecular formula is C22H28N4O5S. The number of hydrogen-bond acceptors (Lipinski definition) is 7. The monoisotopic (exact) mass is 460 g/mol. The van der Waals surface area contributed by atoms with E-state index in [2.05, 4.69) is 14.6 Å². The van der Waals surface area contributed by atoms with E-state index < -0.39 is 16.0 Å². The summed E-state index contributed by atoms with van der Waals surface area (Å²) in [6.45, 7) is 6.51. The lowest BCUT2D eigenvalue weighted by Crippen LogP contribution is -2.35. The minimum absolute atomic E-state index is 0.134. The van der Waals surface area contributed by atoms with Gasteiger partial charge in [0.1, 0.15) is 5.82 Å². The third kappa shape index (κ3) is 5.63. The van der Waals surface area contributed by atoms with Crippen LogP contribution in [0.3, 0.4) is 0 Å². The predicted octanol–water partition coefficient (Wildman–Crippen LogP) is 1.91. The van der Waals surface area contributed by atoms with E-state index >= 15 is 0 Å². The van der Waals surface area contributed by atoms with Crippen LogP contribution in [0, 0.1) is 0 Å². The summed E-state index contributed by atoms with van der Waals surface area (Å²) in [5.74, 6) is 0.207. The molecule has 3 rings (SSSR count). The number of anilines is 1. The van der Waals surface area contributed by atoms with Crippen molar-refractivity contribution >= 4 is 27.7 Å². The van der Waals surface area contributed by atoms with Crippen molar-refractivity contribution in [2.45, 2.75) is 25.2 Å². The zero-order valence-electron chi connectivity index (χ0n) is 18.3. The molecule has 0 bridgehead atoms. The van der Waals surface area contributed by atoms with Gasteiger partial charge in [-0.05, 0) is 49.7 Å². The second-order valence-electron chi connectivity index (χ2n) is 7.28. The fraction of sp³-hybridized carbons (Fsp3) is 0.409. The Balaban J connectivity index is 1.63. The van der Waals surface area contributed by atoms with E-state index in [0.29, 0.717) is 43.9 Å². The molecule has 0 atom stereocenters. The molecule has 2 aromatic rings. The van der Waals surface area contributed by atoms with E-state index in [1.165, 1.54) is 18.3 Å². The van der Waals surface area contributed by atoms with Crippen molar-refractivity contribution in [3.63, 3.8) is 0 Å². The van der Waals surface area contributed by atoms with Crippen LogP contribution in [0.2, 0.25) is 0 Å². The van der Waals surface area contributed by atoms with Crippen LogP contribution >= 0.6 is 0 Å². The van der Waals surface area contributed by atoms with Crippen molar-refractivity contribution in [1.29, 1.82) is 0 Å². The SMILES string of the molecule is CCNS(=O)(=O)c1ccc(C(=O)N2CCCN(c3ccc(C(=O)OCC)cn3)CC2)cc1. The summed E-state index contributed by atoms with van der Waals surface area (Å²) in [4.78, 5) is 33.1. The average Bonchev–Trinajstić information content (AvgIpc) is 3.05. The number of ether oxygens (including phenoxy) is 1. The highest BCUT2D eigenvalue weighted by Crippen LogP contribution is 2.17. The van der Waals surface area contributed by atoms with Crippen LogP contribution in [0.15, 0.2) is 47.5 Å². The smallest absolute Gasteiger partial charge is 0.339 e. The molecule has 1 aliphatic heterocycles. The van der Waals surface area contributed by atoms with Crippen LogP contribution in [-0.2, 0) is 14.8 Å². The molecule has 1 fully saturated rings. The topological polar surface area (TPSA) is 109 Å². The van der Waals surface area contributed by atoms with Crippen LogP contribution in [-0.4, -0.2) is 69.5 Å². The molecule has 10 heteroatoms. The minimum Gasteiger partial charge on any atom is -0.462 e. The molecule has 1 N–H and O–H groups in total. The van der Waals surface area contributed by atoms with Gasteiger partial charge in [-0.1, -0.05) is 6.92 Å². The normalized spacial score (nSPS) is 14.7. The molecule has 0 unspecified atom stereocenters. The molecule has 2 heterocycles. The number of carbonyl (C=O) groups is 2. The zero-order chi connectivity index (χ0) is 23.1. The maximum atomic E-state index is 12.9. The molecule has 1 amide bonds. The summed E-state index contributed by atoms with van der Waals surface area (Å²) in [5.41, 5.74) is 0.854. The third-order valence-corrected chi connectivity index (χ3v) is 6.67. The van der Waals surface area contributed by atoms with Crippen molar-refractivity contribution in [2.75, 3.05) is 44.2 Å². The first-order valence-corrected chi connectivity index (χ1v) is 12.1. The molecule has 1 aliphatic rings. The maximum Gasteiger partial charge on any atom is 0.339 e. The van der Waals surface area contributed by atoms with Gasteiger partial charge in [-0.15, -0.1) is 0 Å². The lowest BCUT2D eigenvalue weighted by Gasteiger charge is -2.23. The van der Waals surface area contributed by atoms with E-state index in [1.54, 1.807) is 43.0 Å². The summed E-state index contributed by atoms with van der Waals surface area (Å²) >= 11 is 0. The quantitative estimate of drug-likeness (QED) is 0.629. The lowest BCUT2D eigenvalue weighted by atomic mass is 10.2. The maximum absolute atomic E-state index is 12.9. The number of nitrogens with one attached hydrogen (secondary N) is 1. The van der Waals surface area contributed by atoms with Crippen molar-refractivity contribution in [3.8, 4) is 0 Å². The second kappa shape index (κ2) is 10.6. The van der Waals surface area contributed by atoms with Gasteiger partial charge >= 0.3 is 5.97 Å². The Kier molecular flexibility index (Phi) is 7.81. The summed E-state index contributed by atoms with van der Waals surface area (Å²) in [7, 11) is -3.55. The number of nitrogens with zero attached hydrogens (tertiary/aromatic N) is 3. The van der Waals surface area contributed by atoms with Crippen molar-refractivity contribution in [2.24, 2.45) is 0 Å². The number of amides is 1. The molecule has 1 aromatic carbocycles. The van der Waals surface area contributed by atoms with Crippen molar-refractivity contribution < 1.29 is 22.7 Å². The Labute approximate surface area is 188 Å². The number of hydrogen-bond donors (Lipinski definition) is 1. The van der Waals surface area contributed by atoms with E-state index in [-0.39, 0.29) is 10.8 Å². The number of aromatic nitrogens is 1. The van der Waals surface area contributed by atoms with Crippen LogP contribution < -0.4 is 9.62 Å². The van der Waals surface area contributed by atoms with E-state index in [9.17, 15) is 18.0 Å². The molecule has 1 saturated heterocycles. The Hall–Kier alpha value is -2.98. The minimum atomic E-state index is -3.55. The predicted molar refractivity (Wildman–Crippen MR) is 120 cm³/mol. The molecule has 9 nitrogen and oxygen atoms in total. The first-order chi connectivity index (χ1) is 15.4. The van der Waals surface area contributed by atoms with Gasteiger partial charge in [0.15, 0.2) is 0 Å². The highest BCUT2D eigenvalue weighted by molar-refractivity contribution is 7.89. The molecule has 32 heavy (non-hydrogen) atoms. The molecule has 0 saturated carbocycles. The third-order valence-electron chi connectivity index (χ3n) is 5.11. The number of esters is 1. The molecule has 1 aromatic heterocycles. The molecule has 0 spiro atoms. The van der Waals surface area contributed by atoms with E-state index in [0.717, 1.165) is 18.8 Å². The molecule has 172 valence electrons. The molecule has 0 aliphatic carbocycles. The fourth-order valence-corrected chi connectivity index (χ4v) is 4.53. The van der Waals surface area contributed by atoms with Crippen molar-refractivity contribution in [1.82, 2.24) is 14.6 Å².